The predicted octanol–water partition coefficient (Wildman–Crippen LogP) is 2.20. The van der Waals surface area contributed by atoms with Gasteiger partial charge in [0.05, 0.1) is 0 Å². The Hall–Kier alpha value is -0.280. The maximum Gasteiger partial charge on any atom is 0.223 e. The largest absolute Gasteiger partial charge is 0.338 e. The topological polar surface area (TPSA) is 32.3 Å². The Kier molecular flexibility index (Phi) is 5.26. The molecule has 0 radical (unpaired) electrons. The van der Waals surface area contributed by atoms with Crippen molar-refractivity contribution < 1.29 is 4.79 Å². The third kappa shape index (κ3) is 3.59. The summed E-state index contributed by atoms with van der Waals surface area (Å²) in [7, 11) is 0. The van der Waals surface area contributed by atoms with E-state index in [9.17, 15) is 4.79 Å². The number of piperidine rings is 1. The van der Waals surface area contributed by atoms with Crippen LogP contribution < -0.4 is 5.32 Å². The minimum absolute atomic E-state index is 0. The number of amides is 1. The smallest absolute Gasteiger partial charge is 0.223 e. The van der Waals surface area contributed by atoms with Crippen LogP contribution in [-0.4, -0.2) is 36.0 Å². The van der Waals surface area contributed by atoms with Crippen molar-refractivity contribution in [1.82, 2.24) is 10.2 Å². The van der Waals surface area contributed by atoms with Crippen LogP contribution in [0.5, 0.6) is 0 Å². The van der Waals surface area contributed by atoms with Gasteiger partial charge < -0.3 is 10.2 Å². The van der Waals surface area contributed by atoms with E-state index in [0.717, 1.165) is 32.5 Å². The van der Waals surface area contributed by atoms with Gasteiger partial charge >= 0.3 is 0 Å². The highest BCUT2D eigenvalue weighted by Gasteiger charge is 2.35. The van der Waals surface area contributed by atoms with Gasteiger partial charge in [0.15, 0.2) is 0 Å². The van der Waals surface area contributed by atoms with Gasteiger partial charge in [0, 0.05) is 18.5 Å². The molecule has 0 aliphatic carbocycles. The van der Waals surface area contributed by atoms with E-state index in [0.29, 0.717) is 11.8 Å². The first-order valence-electron chi connectivity index (χ1n) is 6.61. The van der Waals surface area contributed by atoms with E-state index in [2.05, 4.69) is 24.1 Å². The highest BCUT2D eigenvalue weighted by Crippen LogP contribution is 2.30. The van der Waals surface area contributed by atoms with Crippen LogP contribution in [0.4, 0.5) is 0 Å². The molecule has 2 saturated heterocycles. The second-order valence-electron chi connectivity index (χ2n) is 5.86. The molecule has 0 unspecified atom stereocenters. The van der Waals surface area contributed by atoms with Crippen molar-refractivity contribution in [3.8, 4) is 0 Å². The van der Waals surface area contributed by atoms with Crippen LogP contribution in [0, 0.1) is 5.92 Å². The Morgan fingerprint density at radius 1 is 1.35 bits per heavy atom. The molecule has 0 aromatic heterocycles. The molecule has 0 atom stereocenters. The van der Waals surface area contributed by atoms with Crippen molar-refractivity contribution >= 4 is 18.3 Å². The maximum absolute atomic E-state index is 12.2. The number of nitrogens with zero attached hydrogens (tertiary/aromatic N) is 1. The molecule has 0 saturated carbocycles. The van der Waals surface area contributed by atoms with Crippen molar-refractivity contribution in [2.45, 2.75) is 51.5 Å². The van der Waals surface area contributed by atoms with Crippen molar-refractivity contribution in [3.63, 3.8) is 0 Å². The summed E-state index contributed by atoms with van der Waals surface area (Å²) in [6, 6.07) is 0. The Morgan fingerprint density at radius 2 is 2.00 bits per heavy atom. The molecule has 4 heteroatoms. The molecule has 3 nitrogen and oxygen atoms in total. The number of nitrogens with one attached hydrogen (secondary N) is 1. The van der Waals surface area contributed by atoms with Gasteiger partial charge in [-0.25, -0.2) is 0 Å². The predicted molar refractivity (Wildman–Crippen MR) is 72.5 cm³/mol. The van der Waals surface area contributed by atoms with E-state index < -0.39 is 0 Å². The van der Waals surface area contributed by atoms with Crippen molar-refractivity contribution in [1.29, 1.82) is 0 Å². The zero-order valence-electron chi connectivity index (χ0n) is 11.0. The summed E-state index contributed by atoms with van der Waals surface area (Å²) in [4.78, 5) is 14.3. The molecule has 17 heavy (non-hydrogen) atoms. The molecule has 0 bridgehead atoms. The molecular weight excluding hydrogens is 236 g/mol. The molecule has 2 fully saturated rings. The molecule has 0 aromatic carbocycles. The number of carbonyl (C=O) groups is 1. The zero-order chi connectivity index (χ0) is 11.6. The van der Waals surface area contributed by atoms with Crippen LogP contribution in [0.2, 0.25) is 0 Å². The second-order valence-corrected chi connectivity index (χ2v) is 5.86. The zero-order valence-corrected chi connectivity index (χ0v) is 11.8. The Bertz CT molecular complexity index is 262. The SMILES string of the molecule is CC1(C)CCCN1C(=O)CC1CCNCC1.Cl. The summed E-state index contributed by atoms with van der Waals surface area (Å²) in [5, 5.41) is 3.35. The van der Waals surface area contributed by atoms with Crippen LogP contribution in [0.1, 0.15) is 46.0 Å². The van der Waals surface area contributed by atoms with Crippen LogP contribution in [0.15, 0.2) is 0 Å². The Morgan fingerprint density at radius 3 is 2.53 bits per heavy atom. The number of carbonyl (C=O) groups excluding carboxylic acids is 1. The lowest BCUT2D eigenvalue weighted by Crippen LogP contribution is -2.43. The summed E-state index contributed by atoms with van der Waals surface area (Å²) >= 11 is 0. The molecule has 100 valence electrons. The average Bonchev–Trinajstić information content (AvgIpc) is 2.59. The normalized spacial score (nSPS) is 24.5. The van der Waals surface area contributed by atoms with Gasteiger partial charge in [-0.2, -0.15) is 0 Å². The summed E-state index contributed by atoms with van der Waals surface area (Å²) in [6.07, 6.45) is 5.43. The first-order valence-corrected chi connectivity index (χ1v) is 6.61. The molecule has 2 aliphatic heterocycles. The average molecular weight is 261 g/mol. The fraction of sp³-hybridized carbons (Fsp3) is 0.923. The maximum atomic E-state index is 12.2. The van der Waals surface area contributed by atoms with Gasteiger partial charge in [0.1, 0.15) is 0 Å². The highest BCUT2D eigenvalue weighted by molar-refractivity contribution is 5.85. The van der Waals surface area contributed by atoms with Gasteiger partial charge in [-0.3, -0.25) is 4.79 Å². The van der Waals surface area contributed by atoms with E-state index in [1.165, 1.54) is 19.3 Å². The summed E-state index contributed by atoms with van der Waals surface area (Å²) in [5.41, 5.74) is 0.101. The van der Waals surface area contributed by atoms with Gasteiger partial charge in [-0.1, -0.05) is 0 Å². The summed E-state index contributed by atoms with van der Waals surface area (Å²) in [6.45, 7) is 7.53. The highest BCUT2D eigenvalue weighted by atomic mass is 35.5. The van der Waals surface area contributed by atoms with Crippen LogP contribution in [-0.2, 0) is 4.79 Å². The third-order valence-electron chi connectivity index (χ3n) is 4.12. The second kappa shape index (κ2) is 6.05. The molecular formula is C13H25ClN2O. The lowest BCUT2D eigenvalue weighted by molar-refractivity contribution is -0.135. The van der Waals surface area contributed by atoms with Crippen LogP contribution in [0.3, 0.4) is 0 Å². The molecule has 0 aromatic rings. The number of hydrogen-bond donors (Lipinski definition) is 1. The fourth-order valence-corrected chi connectivity index (χ4v) is 3.01. The van der Waals surface area contributed by atoms with Gasteiger partial charge in [0.25, 0.3) is 0 Å². The molecule has 2 heterocycles. The molecule has 1 amide bonds. The van der Waals surface area contributed by atoms with Gasteiger partial charge in [-0.05, 0) is 58.5 Å². The monoisotopic (exact) mass is 260 g/mol. The standard InChI is InChI=1S/C13H24N2O.ClH/c1-13(2)6-3-9-15(13)12(16)10-11-4-7-14-8-5-11;/h11,14H,3-10H2,1-2H3;1H. The number of halogens is 1. The number of likely N-dealkylation sites (tertiary alicyclic amines) is 1. The number of rotatable bonds is 2. The van der Waals surface area contributed by atoms with Crippen molar-refractivity contribution in [3.05, 3.63) is 0 Å². The van der Waals surface area contributed by atoms with Crippen LogP contribution >= 0.6 is 12.4 Å². The fourth-order valence-electron chi connectivity index (χ4n) is 3.01. The molecule has 0 spiro atoms. The van der Waals surface area contributed by atoms with E-state index in [4.69, 9.17) is 0 Å². The lowest BCUT2D eigenvalue weighted by atomic mass is 9.93. The molecule has 2 rings (SSSR count). The third-order valence-corrected chi connectivity index (χ3v) is 4.12. The quantitative estimate of drug-likeness (QED) is 0.826. The lowest BCUT2D eigenvalue weighted by Gasteiger charge is -2.33. The van der Waals surface area contributed by atoms with Crippen molar-refractivity contribution in [2.75, 3.05) is 19.6 Å². The van der Waals surface area contributed by atoms with Gasteiger partial charge in [0.2, 0.25) is 5.91 Å². The minimum Gasteiger partial charge on any atom is -0.338 e. The Labute approximate surface area is 111 Å². The van der Waals surface area contributed by atoms with E-state index >= 15 is 0 Å². The summed E-state index contributed by atoms with van der Waals surface area (Å²) < 4.78 is 0. The van der Waals surface area contributed by atoms with E-state index in [1.54, 1.807) is 0 Å². The van der Waals surface area contributed by atoms with E-state index in [-0.39, 0.29) is 17.9 Å². The van der Waals surface area contributed by atoms with Gasteiger partial charge in [-0.15, -0.1) is 12.4 Å². The van der Waals surface area contributed by atoms with Crippen molar-refractivity contribution in [2.24, 2.45) is 5.92 Å². The Balaban J connectivity index is 0.00000144. The van der Waals surface area contributed by atoms with Crippen LogP contribution in [0.25, 0.3) is 0 Å². The molecule has 2 aliphatic rings. The van der Waals surface area contributed by atoms with E-state index in [1.807, 2.05) is 0 Å². The summed E-state index contributed by atoms with van der Waals surface area (Å²) in [5.74, 6) is 1.000. The molecule has 1 N–H and O–H groups in total. The first-order chi connectivity index (χ1) is 7.59. The first kappa shape index (κ1) is 14.8. The number of hydrogen-bond acceptors (Lipinski definition) is 2. The minimum atomic E-state index is 0.